The minimum atomic E-state index is 0.888. The fourth-order valence-electron chi connectivity index (χ4n) is 3.45. The summed E-state index contributed by atoms with van der Waals surface area (Å²) >= 11 is 0. The number of rotatable bonds is 19. The molecule has 0 saturated carbocycles. The lowest BCUT2D eigenvalue weighted by molar-refractivity contribution is 0.254. The van der Waals surface area contributed by atoms with Gasteiger partial charge in [-0.1, -0.05) is 105 Å². The maximum absolute atomic E-state index is 2.77. The third-order valence-corrected chi connectivity index (χ3v) is 5.16. The Morgan fingerprint density at radius 1 is 0.500 bits per heavy atom. The Hall–Kier alpha value is -0.0400. The molecule has 0 aromatic carbocycles. The fraction of sp³-hybridized carbons (Fsp3) is 1.00. The zero-order valence-corrected chi connectivity index (χ0v) is 17.8. The predicted octanol–water partition coefficient (Wildman–Crippen LogP) is 7.84. The van der Waals surface area contributed by atoms with Crippen LogP contribution < -0.4 is 0 Å². The quantitative estimate of drug-likeness (QED) is 0.217. The molecule has 1 heteroatoms. The lowest BCUT2D eigenvalue weighted by Crippen LogP contribution is -2.27. The van der Waals surface area contributed by atoms with Gasteiger partial charge in [0.05, 0.1) is 0 Å². The molecule has 0 aromatic rings. The highest BCUT2D eigenvalue weighted by Crippen LogP contribution is 2.12. The summed E-state index contributed by atoms with van der Waals surface area (Å²) < 4.78 is 0. The minimum absolute atomic E-state index is 0.888. The molecule has 0 heterocycles. The lowest BCUT2D eigenvalue weighted by Gasteiger charge is -2.22. The Labute approximate surface area is 155 Å². The first-order chi connectivity index (χ1) is 11.7. The van der Waals surface area contributed by atoms with Crippen LogP contribution in [0.3, 0.4) is 0 Å². The van der Waals surface area contributed by atoms with E-state index in [1.807, 2.05) is 0 Å². The van der Waals surface area contributed by atoms with Gasteiger partial charge in [0.15, 0.2) is 0 Å². The smallest absolute Gasteiger partial charge is 0.00187 e. The topological polar surface area (TPSA) is 3.24 Å². The number of hydrogen-bond acceptors (Lipinski definition) is 1. The summed E-state index contributed by atoms with van der Waals surface area (Å²) in [5, 5.41) is 0. The molecule has 0 amide bonds. The van der Waals surface area contributed by atoms with E-state index in [1.165, 1.54) is 116 Å². The second-order valence-electron chi connectivity index (χ2n) is 8.27. The Morgan fingerprint density at radius 3 is 1.29 bits per heavy atom. The van der Waals surface area contributed by atoms with Gasteiger partial charge in [0, 0.05) is 0 Å². The van der Waals surface area contributed by atoms with Gasteiger partial charge in [0.1, 0.15) is 0 Å². The zero-order chi connectivity index (χ0) is 17.9. The molecular weight excluding hydrogens is 290 g/mol. The van der Waals surface area contributed by atoms with Crippen molar-refractivity contribution in [2.45, 2.75) is 124 Å². The van der Waals surface area contributed by atoms with Gasteiger partial charge in [-0.3, -0.25) is 0 Å². The van der Waals surface area contributed by atoms with E-state index in [9.17, 15) is 0 Å². The van der Waals surface area contributed by atoms with Crippen LogP contribution in [-0.4, -0.2) is 24.5 Å². The Bertz CT molecular complexity index is 212. The molecule has 0 rings (SSSR count). The van der Waals surface area contributed by atoms with E-state index in [0.717, 1.165) is 5.92 Å². The van der Waals surface area contributed by atoms with E-state index in [4.69, 9.17) is 0 Å². The molecule has 0 N–H and O–H groups in total. The minimum Gasteiger partial charge on any atom is -0.303 e. The van der Waals surface area contributed by atoms with Crippen molar-refractivity contribution in [1.82, 2.24) is 4.90 Å². The molecule has 0 atom stereocenters. The molecule has 0 aromatic heterocycles. The van der Waals surface area contributed by atoms with Crippen LogP contribution in [0.5, 0.6) is 0 Å². The van der Waals surface area contributed by atoms with Crippen molar-refractivity contribution in [1.29, 1.82) is 0 Å². The molecule has 0 spiro atoms. The largest absolute Gasteiger partial charge is 0.303 e. The van der Waals surface area contributed by atoms with Crippen LogP contribution in [-0.2, 0) is 0 Å². The molecule has 0 fully saturated rings. The highest BCUT2D eigenvalue weighted by atomic mass is 15.1. The van der Waals surface area contributed by atoms with Crippen LogP contribution in [0.25, 0.3) is 0 Å². The molecule has 1 nitrogen and oxygen atoms in total. The highest BCUT2D eigenvalue weighted by Gasteiger charge is 2.04. The third-order valence-electron chi connectivity index (χ3n) is 5.16. The van der Waals surface area contributed by atoms with Crippen LogP contribution in [0.1, 0.15) is 124 Å². The van der Waals surface area contributed by atoms with Crippen molar-refractivity contribution in [2.24, 2.45) is 5.92 Å². The summed E-state index contributed by atoms with van der Waals surface area (Å²) in [6.45, 7) is 13.4. The number of nitrogens with zero attached hydrogens (tertiary/aromatic N) is 1. The Morgan fingerprint density at radius 2 is 0.875 bits per heavy atom. The summed E-state index contributed by atoms with van der Waals surface area (Å²) in [4.78, 5) is 2.77. The summed E-state index contributed by atoms with van der Waals surface area (Å²) in [5.41, 5.74) is 0. The summed E-state index contributed by atoms with van der Waals surface area (Å²) in [7, 11) is 0. The van der Waals surface area contributed by atoms with E-state index in [-0.39, 0.29) is 0 Å². The zero-order valence-electron chi connectivity index (χ0n) is 17.8. The van der Waals surface area contributed by atoms with Gasteiger partial charge in [-0.05, 0) is 44.8 Å². The van der Waals surface area contributed by atoms with E-state index in [0.29, 0.717) is 0 Å². The Balaban J connectivity index is 3.65. The standard InChI is InChI=1S/C23H49N/c1-5-7-9-16-20-24(21-17-10-8-6-2)22-18-14-12-11-13-15-19-23(3)4/h23H,5-22H2,1-4H3. The normalized spacial score (nSPS) is 11.8. The predicted molar refractivity (Wildman–Crippen MR) is 112 cm³/mol. The summed E-state index contributed by atoms with van der Waals surface area (Å²) in [6.07, 6.45) is 21.3. The van der Waals surface area contributed by atoms with E-state index >= 15 is 0 Å². The van der Waals surface area contributed by atoms with Gasteiger partial charge in [0.2, 0.25) is 0 Å². The average molecular weight is 340 g/mol. The van der Waals surface area contributed by atoms with Gasteiger partial charge in [0.25, 0.3) is 0 Å². The van der Waals surface area contributed by atoms with Gasteiger partial charge in [-0.2, -0.15) is 0 Å². The van der Waals surface area contributed by atoms with E-state index in [1.54, 1.807) is 0 Å². The molecule has 0 aliphatic rings. The van der Waals surface area contributed by atoms with Crippen molar-refractivity contribution in [2.75, 3.05) is 19.6 Å². The van der Waals surface area contributed by atoms with Gasteiger partial charge in [-0.15, -0.1) is 0 Å². The van der Waals surface area contributed by atoms with Crippen molar-refractivity contribution >= 4 is 0 Å². The van der Waals surface area contributed by atoms with Crippen LogP contribution in [0, 0.1) is 5.92 Å². The van der Waals surface area contributed by atoms with E-state index in [2.05, 4.69) is 32.6 Å². The molecule has 0 unspecified atom stereocenters. The molecule has 24 heavy (non-hydrogen) atoms. The molecular formula is C23H49N. The van der Waals surface area contributed by atoms with Crippen molar-refractivity contribution in [3.8, 4) is 0 Å². The van der Waals surface area contributed by atoms with Gasteiger partial charge < -0.3 is 4.90 Å². The fourth-order valence-corrected chi connectivity index (χ4v) is 3.45. The number of hydrogen-bond donors (Lipinski definition) is 0. The molecule has 0 aliphatic heterocycles. The summed E-state index contributed by atoms with van der Waals surface area (Å²) in [6, 6.07) is 0. The SMILES string of the molecule is CCCCCCN(CCCCCC)CCCCCCCCC(C)C. The van der Waals surface area contributed by atoms with Crippen molar-refractivity contribution in [3.05, 3.63) is 0 Å². The third kappa shape index (κ3) is 18.3. The molecule has 0 saturated heterocycles. The Kier molecular flexibility index (Phi) is 19.3. The van der Waals surface area contributed by atoms with Crippen LogP contribution in [0.4, 0.5) is 0 Å². The highest BCUT2D eigenvalue weighted by molar-refractivity contribution is 4.60. The first-order valence-electron chi connectivity index (χ1n) is 11.4. The second-order valence-corrected chi connectivity index (χ2v) is 8.27. The number of unbranched alkanes of at least 4 members (excludes halogenated alkanes) is 11. The molecule has 0 bridgehead atoms. The lowest BCUT2D eigenvalue weighted by atomic mass is 10.0. The maximum Gasteiger partial charge on any atom is -0.00187 e. The average Bonchev–Trinajstić information content (AvgIpc) is 2.56. The first-order valence-corrected chi connectivity index (χ1v) is 11.4. The second kappa shape index (κ2) is 19.3. The van der Waals surface area contributed by atoms with Crippen LogP contribution in [0.15, 0.2) is 0 Å². The van der Waals surface area contributed by atoms with E-state index < -0.39 is 0 Å². The molecule has 0 aliphatic carbocycles. The van der Waals surface area contributed by atoms with Crippen molar-refractivity contribution in [3.63, 3.8) is 0 Å². The summed E-state index contributed by atoms with van der Waals surface area (Å²) in [5.74, 6) is 0.888. The van der Waals surface area contributed by atoms with Crippen LogP contribution in [0.2, 0.25) is 0 Å². The van der Waals surface area contributed by atoms with Crippen molar-refractivity contribution < 1.29 is 0 Å². The van der Waals surface area contributed by atoms with Gasteiger partial charge >= 0.3 is 0 Å². The molecule has 146 valence electrons. The monoisotopic (exact) mass is 339 g/mol. The van der Waals surface area contributed by atoms with Crippen LogP contribution >= 0.6 is 0 Å². The maximum atomic E-state index is 2.77. The first kappa shape index (κ1) is 24.0. The van der Waals surface area contributed by atoms with Gasteiger partial charge in [-0.25, -0.2) is 0 Å². The molecule has 0 radical (unpaired) electrons.